The summed E-state index contributed by atoms with van der Waals surface area (Å²) in [5.74, 6) is 1.06. The maximum absolute atomic E-state index is 8.91. The van der Waals surface area contributed by atoms with Crippen LogP contribution < -0.4 is 16.0 Å². The summed E-state index contributed by atoms with van der Waals surface area (Å²) in [4.78, 5) is 9.13. The minimum atomic E-state index is -0.0296. The van der Waals surface area contributed by atoms with Gasteiger partial charge in [0, 0.05) is 68.0 Å². The summed E-state index contributed by atoms with van der Waals surface area (Å²) in [5.41, 5.74) is 2.06. The Morgan fingerprint density at radius 2 is 1.61 bits per heavy atom. The van der Waals surface area contributed by atoms with Crippen molar-refractivity contribution in [3.05, 3.63) is 24.6 Å². The number of hydrogen-bond donors (Lipinski definition) is 4. The molecule has 2 atom stereocenters. The Labute approximate surface area is 189 Å². The zero-order valence-corrected chi connectivity index (χ0v) is 20.9. The van der Waals surface area contributed by atoms with E-state index in [0.717, 1.165) is 62.4 Å². The first-order valence-corrected chi connectivity index (χ1v) is 11.6. The molecule has 0 aliphatic carbocycles. The van der Waals surface area contributed by atoms with Crippen LogP contribution in [0.2, 0.25) is 0 Å². The van der Waals surface area contributed by atoms with Crippen LogP contribution >= 0.6 is 0 Å². The normalized spacial score (nSPS) is 25.3. The Kier molecular flexibility index (Phi) is 8.06. The average molecular weight is 432 g/mol. The van der Waals surface area contributed by atoms with Crippen molar-refractivity contribution >= 4 is 11.9 Å². The number of rotatable bonds is 5. The molecule has 0 bridgehead atoms. The van der Waals surface area contributed by atoms with Gasteiger partial charge in [0.05, 0.1) is 0 Å². The van der Waals surface area contributed by atoms with Crippen LogP contribution in [-0.2, 0) is 0 Å². The Hall–Kier alpha value is -2.18. The van der Waals surface area contributed by atoms with Gasteiger partial charge in [-0.2, -0.15) is 4.99 Å². The van der Waals surface area contributed by atoms with Crippen molar-refractivity contribution in [3.63, 3.8) is 0 Å². The molecule has 0 amide bonds. The highest BCUT2D eigenvalue weighted by atomic mass is 15.4. The van der Waals surface area contributed by atoms with Crippen LogP contribution in [0.3, 0.4) is 0 Å². The van der Waals surface area contributed by atoms with E-state index >= 15 is 0 Å². The third-order valence-corrected chi connectivity index (χ3v) is 6.27. The van der Waals surface area contributed by atoms with Crippen LogP contribution in [0.1, 0.15) is 73.1 Å². The summed E-state index contributed by atoms with van der Waals surface area (Å²) in [7, 11) is 3.95. The SMILES string of the molecule is C=C1CC(N(CCCC)C(=N)/N=C(\NC)N(C)C2CC(=C)NC(C)(C)C2)CC(C)(C)N1. The zero-order chi connectivity index (χ0) is 23.4. The number of aliphatic imine (C=N–C) groups is 1. The van der Waals surface area contributed by atoms with E-state index < -0.39 is 0 Å². The van der Waals surface area contributed by atoms with E-state index in [0.29, 0.717) is 5.96 Å². The molecule has 2 aliphatic rings. The highest BCUT2D eigenvalue weighted by Crippen LogP contribution is 2.29. The van der Waals surface area contributed by atoms with Crippen molar-refractivity contribution in [2.45, 2.75) is 96.3 Å². The number of hydrogen-bond acceptors (Lipinski definition) is 3. The molecule has 0 aromatic carbocycles. The number of piperidine rings is 2. The molecule has 0 saturated carbocycles. The minimum Gasteiger partial charge on any atom is -0.384 e. The molecule has 2 rings (SSSR count). The fraction of sp³-hybridized carbons (Fsp3) is 0.750. The summed E-state index contributed by atoms with van der Waals surface area (Å²) in [5, 5.41) is 19.1. The molecule has 4 N–H and O–H groups in total. The summed E-state index contributed by atoms with van der Waals surface area (Å²) in [6, 6.07) is 0.511. The average Bonchev–Trinajstić information content (AvgIpc) is 2.62. The molecule has 2 fully saturated rings. The van der Waals surface area contributed by atoms with E-state index in [2.05, 4.69) is 80.6 Å². The molecule has 0 spiro atoms. The monoisotopic (exact) mass is 431 g/mol. The first-order valence-electron chi connectivity index (χ1n) is 11.6. The van der Waals surface area contributed by atoms with Crippen molar-refractivity contribution in [1.82, 2.24) is 25.8 Å². The molecule has 0 aromatic rings. The summed E-state index contributed by atoms with van der Waals surface area (Å²) >= 11 is 0. The smallest absolute Gasteiger partial charge is 0.221 e. The van der Waals surface area contributed by atoms with Gasteiger partial charge in [0.1, 0.15) is 0 Å². The number of unbranched alkanes of at least 4 members (excludes halogenated alkanes) is 1. The molecule has 2 aliphatic heterocycles. The molecule has 2 heterocycles. The van der Waals surface area contributed by atoms with Crippen molar-refractivity contribution in [3.8, 4) is 0 Å². The lowest BCUT2D eigenvalue weighted by Gasteiger charge is -2.44. The Bertz CT molecular complexity index is 707. The number of nitrogens with zero attached hydrogens (tertiary/aromatic N) is 3. The summed E-state index contributed by atoms with van der Waals surface area (Å²) < 4.78 is 0. The highest BCUT2D eigenvalue weighted by Gasteiger charge is 2.35. The van der Waals surface area contributed by atoms with Crippen LogP contribution in [0.25, 0.3) is 0 Å². The zero-order valence-electron chi connectivity index (χ0n) is 20.9. The van der Waals surface area contributed by atoms with E-state index in [4.69, 9.17) is 10.4 Å². The van der Waals surface area contributed by atoms with E-state index in [1.54, 1.807) is 0 Å². The Morgan fingerprint density at radius 1 is 1.10 bits per heavy atom. The summed E-state index contributed by atoms with van der Waals surface area (Å²) in [6.45, 7) is 20.2. The van der Waals surface area contributed by atoms with Gasteiger partial charge in [0.15, 0.2) is 0 Å². The van der Waals surface area contributed by atoms with Crippen molar-refractivity contribution in [2.24, 2.45) is 4.99 Å². The Morgan fingerprint density at radius 3 is 2.10 bits per heavy atom. The third-order valence-electron chi connectivity index (χ3n) is 6.27. The quantitative estimate of drug-likeness (QED) is 0.395. The second kappa shape index (κ2) is 9.96. The lowest BCUT2D eigenvalue weighted by molar-refractivity contribution is 0.197. The fourth-order valence-electron chi connectivity index (χ4n) is 4.99. The molecular formula is C24H45N7. The van der Waals surface area contributed by atoms with Crippen LogP contribution in [0.4, 0.5) is 0 Å². The first-order chi connectivity index (χ1) is 14.4. The minimum absolute atomic E-state index is 0.00514. The van der Waals surface area contributed by atoms with E-state index in [-0.39, 0.29) is 23.2 Å². The van der Waals surface area contributed by atoms with Crippen LogP contribution in [0.5, 0.6) is 0 Å². The predicted molar refractivity (Wildman–Crippen MR) is 132 cm³/mol. The predicted octanol–water partition coefficient (Wildman–Crippen LogP) is 3.62. The van der Waals surface area contributed by atoms with Crippen molar-refractivity contribution in [2.75, 3.05) is 20.6 Å². The lowest BCUT2D eigenvalue weighted by atomic mass is 9.87. The van der Waals surface area contributed by atoms with Gasteiger partial charge in [-0.25, -0.2) is 0 Å². The summed E-state index contributed by atoms with van der Waals surface area (Å²) in [6.07, 6.45) is 5.79. The molecular weight excluding hydrogens is 386 g/mol. The van der Waals surface area contributed by atoms with Gasteiger partial charge in [-0.15, -0.1) is 0 Å². The molecule has 0 aromatic heterocycles. The molecule has 7 nitrogen and oxygen atoms in total. The largest absolute Gasteiger partial charge is 0.384 e. The molecule has 2 unspecified atom stereocenters. The lowest BCUT2D eigenvalue weighted by Crippen LogP contribution is -2.55. The van der Waals surface area contributed by atoms with E-state index in [1.165, 1.54) is 0 Å². The third kappa shape index (κ3) is 6.91. The van der Waals surface area contributed by atoms with Crippen LogP contribution in [0.15, 0.2) is 29.5 Å². The number of nitrogens with one attached hydrogen (secondary N) is 4. The van der Waals surface area contributed by atoms with Gasteiger partial charge in [-0.3, -0.25) is 5.41 Å². The molecule has 7 heteroatoms. The highest BCUT2D eigenvalue weighted by molar-refractivity contribution is 5.93. The van der Waals surface area contributed by atoms with Gasteiger partial charge in [0.25, 0.3) is 0 Å². The standard InChI is InChI=1S/C24H45N7/c1-10-11-12-31(20-14-18(3)29-24(6,7)16-20)21(25)27-22(26-8)30(9)19-13-17(2)28-23(4,5)15-19/h19-20,28-29H,2-3,10-16H2,1,4-9H3,(H2,25,26,27). The van der Waals surface area contributed by atoms with Gasteiger partial charge >= 0.3 is 0 Å². The second-order valence-corrected chi connectivity index (χ2v) is 10.5. The van der Waals surface area contributed by atoms with Gasteiger partial charge in [-0.1, -0.05) is 26.5 Å². The second-order valence-electron chi connectivity index (χ2n) is 10.5. The van der Waals surface area contributed by atoms with Gasteiger partial charge in [0.2, 0.25) is 11.9 Å². The molecule has 176 valence electrons. The fourth-order valence-corrected chi connectivity index (χ4v) is 4.99. The van der Waals surface area contributed by atoms with Gasteiger partial charge in [-0.05, 0) is 47.0 Å². The van der Waals surface area contributed by atoms with E-state index in [9.17, 15) is 0 Å². The van der Waals surface area contributed by atoms with Crippen molar-refractivity contribution in [1.29, 1.82) is 5.41 Å². The van der Waals surface area contributed by atoms with Crippen LogP contribution in [0, 0.1) is 5.41 Å². The van der Waals surface area contributed by atoms with Crippen molar-refractivity contribution < 1.29 is 0 Å². The first kappa shape index (κ1) is 25.1. The maximum atomic E-state index is 8.91. The molecule has 31 heavy (non-hydrogen) atoms. The topological polar surface area (TPSA) is 78.8 Å². The van der Waals surface area contributed by atoms with E-state index in [1.807, 2.05) is 7.05 Å². The van der Waals surface area contributed by atoms with Crippen LogP contribution in [-0.4, -0.2) is 65.5 Å². The van der Waals surface area contributed by atoms with Gasteiger partial charge < -0.3 is 25.8 Å². The molecule has 0 radical (unpaired) electrons. The maximum Gasteiger partial charge on any atom is 0.221 e. The molecule has 2 saturated heterocycles. The Balaban J connectivity index is 2.23. The number of guanidine groups is 2.